The summed E-state index contributed by atoms with van der Waals surface area (Å²) in [5, 5.41) is 14.3. The Morgan fingerprint density at radius 2 is 1.27 bits per heavy atom. The van der Waals surface area contributed by atoms with Crippen molar-refractivity contribution in [1.29, 1.82) is 5.41 Å². The molecule has 0 unspecified atom stereocenters. The number of amides is 1. The van der Waals surface area contributed by atoms with Gasteiger partial charge in [-0.15, -0.1) is 0 Å². The largest absolute Gasteiger partial charge is 0.370 e. The standard InChI is InChI=1S/C24H27N4OP/c1-28(24(25)26)19-23(29)27-17-18-30(20-11-5-2-6-12-20,21-13-7-3-8-14-21)22-15-9-4-10-16-22/h2-16H,17-19H2,1H3,(H3-,25,26,27,29)/p+1. The van der Waals surface area contributed by atoms with E-state index in [1.54, 1.807) is 7.05 Å². The van der Waals surface area contributed by atoms with Crippen LogP contribution in [0.1, 0.15) is 0 Å². The highest BCUT2D eigenvalue weighted by Crippen LogP contribution is 2.54. The van der Waals surface area contributed by atoms with Gasteiger partial charge in [-0.25, -0.2) is 0 Å². The Bertz CT molecular complexity index is 868. The first kappa shape index (κ1) is 21.5. The average molecular weight is 419 g/mol. The Morgan fingerprint density at radius 1 is 0.867 bits per heavy atom. The zero-order valence-electron chi connectivity index (χ0n) is 17.2. The van der Waals surface area contributed by atoms with Gasteiger partial charge in [-0.2, -0.15) is 0 Å². The molecule has 0 spiro atoms. The summed E-state index contributed by atoms with van der Waals surface area (Å²) in [5.74, 6) is -0.259. The molecule has 0 aliphatic carbocycles. The van der Waals surface area contributed by atoms with Crippen molar-refractivity contribution in [3.63, 3.8) is 0 Å². The predicted octanol–water partition coefficient (Wildman–Crippen LogP) is 1.92. The molecule has 0 bridgehead atoms. The Morgan fingerprint density at radius 3 is 1.63 bits per heavy atom. The van der Waals surface area contributed by atoms with Crippen LogP contribution in [0.2, 0.25) is 0 Å². The van der Waals surface area contributed by atoms with Crippen molar-refractivity contribution in [3.8, 4) is 0 Å². The maximum atomic E-state index is 12.4. The van der Waals surface area contributed by atoms with E-state index in [2.05, 4.69) is 78.1 Å². The van der Waals surface area contributed by atoms with Gasteiger partial charge < -0.3 is 16.0 Å². The van der Waals surface area contributed by atoms with Crippen molar-refractivity contribution in [2.45, 2.75) is 0 Å². The normalized spacial score (nSPS) is 11.0. The van der Waals surface area contributed by atoms with Crippen molar-refractivity contribution in [2.24, 2.45) is 5.73 Å². The topological polar surface area (TPSA) is 82.2 Å². The molecule has 3 aromatic carbocycles. The lowest BCUT2D eigenvalue weighted by molar-refractivity contribution is -0.121. The van der Waals surface area contributed by atoms with Crippen LogP contribution < -0.4 is 27.0 Å². The van der Waals surface area contributed by atoms with Crippen LogP contribution in [0, 0.1) is 5.41 Å². The van der Waals surface area contributed by atoms with Gasteiger partial charge in [-0.05, 0) is 36.4 Å². The third-order valence-corrected chi connectivity index (χ3v) is 9.59. The quantitative estimate of drug-likeness (QED) is 0.296. The summed E-state index contributed by atoms with van der Waals surface area (Å²) in [4.78, 5) is 13.8. The number of nitrogens with one attached hydrogen (secondary N) is 2. The lowest BCUT2D eigenvalue weighted by Gasteiger charge is -2.28. The SMILES string of the molecule is CN(CC(=O)NCC[P+](c1ccccc1)(c1ccccc1)c1ccccc1)C(=N)N. The van der Waals surface area contributed by atoms with Gasteiger partial charge in [-0.1, -0.05) is 54.6 Å². The zero-order chi connectivity index (χ0) is 21.4. The van der Waals surface area contributed by atoms with Gasteiger partial charge in [0.05, 0.1) is 19.3 Å². The minimum Gasteiger partial charge on any atom is -0.370 e. The van der Waals surface area contributed by atoms with E-state index >= 15 is 0 Å². The van der Waals surface area contributed by atoms with Crippen molar-refractivity contribution in [1.82, 2.24) is 10.2 Å². The molecule has 6 heteroatoms. The fourth-order valence-corrected chi connectivity index (χ4v) is 7.76. The van der Waals surface area contributed by atoms with Crippen molar-refractivity contribution in [3.05, 3.63) is 91.0 Å². The van der Waals surface area contributed by atoms with E-state index < -0.39 is 7.26 Å². The summed E-state index contributed by atoms with van der Waals surface area (Å²) < 4.78 is 0. The number of hydrogen-bond donors (Lipinski definition) is 3. The van der Waals surface area contributed by atoms with Gasteiger partial charge in [0, 0.05) is 7.05 Å². The molecule has 30 heavy (non-hydrogen) atoms. The summed E-state index contributed by atoms with van der Waals surface area (Å²) >= 11 is 0. The van der Waals surface area contributed by atoms with E-state index in [-0.39, 0.29) is 18.4 Å². The molecule has 154 valence electrons. The monoisotopic (exact) mass is 419 g/mol. The second kappa shape index (κ2) is 10.0. The second-order valence-corrected chi connectivity index (χ2v) is 10.7. The van der Waals surface area contributed by atoms with Crippen molar-refractivity contribution >= 4 is 35.0 Å². The van der Waals surface area contributed by atoms with Gasteiger partial charge in [-0.3, -0.25) is 10.2 Å². The van der Waals surface area contributed by atoms with E-state index in [9.17, 15) is 4.79 Å². The van der Waals surface area contributed by atoms with E-state index in [0.29, 0.717) is 6.54 Å². The third-order valence-electron chi connectivity index (χ3n) is 5.15. The van der Waals surface area contributed by atoms with Crippen molar-refractivity contribution in [2.75, 3.05) is 26.3 Å². The molecule has 4 N–H and O–H groups in total. The fraction of sp³-hybridized carbons (Fsp3) is 0.167. The first-order valence-electron chi connectivity index (χ1n) is 9.91. The Kier molecular flexibility index (Phi) is 7.21. The molecule has 3 aromatic rings. The summed E-state index contributed by atoms with van der Waals surface area (Å²) in [7, 11) is -0.322. The van der Waals surface area contributed by atoms with Gasteiger partial charge in [0.25, 0.3) is 0 Å². The second-order valence-electron chi connectivity index (χ2n) is 7.13. The molecule has 0 heterocycles. The smallest absolute Gasteiger partial charge is 0.239 e. The summed E-state index contributed by atoms with van der Waals surface area (Å²) in [6.45, 7) is 0.611. The average Bonchev–Trinajstić information content (AvgIpc) is 2.78. The third kappa shape index (κ3) is 4.87. The molecular weight excluding hydrogens is 391 g/mol. The zero-order valence-corrected chi connectivity index (χ0v) is 18.1. The van der Waals surface area contributed by atoms with Gasteiger partial charge >= 0.3 is 0 Å². The minimum atomic E-state index is -1.96. The number of likely N-dealkylation sites (N-methyl/N-ethyl adjacent to an activating group) is 1. The lowest BCUT2D eigenvalue weighted by Crippen LogP contribution is -2.43. The highest BCUT2D eigenvalue weighted by Gasteiger charge is 2.44. The van der Waals surface area contributed by atoms with E-state index in [0.717, 1.165) is 6.16 Å². The van der Waals surface area contributed by atoms with Crippen LogP contribution in [-0.4, -0.2) is 43.1 Å². The molecule has 1 amide bonds. The molecule has 0 atom stereocenters. The summed E-state index contributed by atoms with van der Waals surface area (Å²) in [6.07, 6.45) is 0.806. The number of guanidine groups is 1. The first-order valence-corrected chi connectivity index (χ1v) is 11.9. The Balaban J connectivity index is 1.95. The van der Waals surface area contributed by atoms with E-state index in [1.165, 1.54) is 20.8 Å². The molecule has 0 saturated heterocycles. The Labute approximate surface area is 178 Å². The number of nitrogens with zero attached hydrogens (tertiary/aromatic N) is 1. The molecule has 0 aliphatic heterocycles. The molecule has 0 aliphatic rings. The molecular formula is C24H28N4OP+. The van der Waals surface area contributed by atoms with Crippen LogP contribution in [0.15, 0.2) is 91.0 Å². The van der Waals surface area contributed by atoms with Crippen LogP contribution >= 0.6 is 7.26 Å². The molecule has 0 radical (unpaired) electrons. The predicted molar refractivity (Wildman–Crippen MR) is 128 cm³/mol. The maximum absolute atomic E-state index is 12.4. The van der Waals surface area contributed by atoms with Crippen LogP contribution in [0.4, 0.5) is 0 Å². The van der Waals surface area contributed by atoms with Crippen molar-refractivity contribution < 1.29 is 4.79 Å². The Hall–Kier alpha value is -3.17. The fourth-order valence-electron chi connectivity index (χ4n) is 3.60. The van der Waals surface area contributed by atoms with Gasteiger partial charge in [0.1, 0.15) is 23.2 Å². The molecule has 0 fully saturated rings. The number of benzene rings is 3. The number of nitrogens with two attached hydrogens (primary N) is 1. The van der Waals surface area contributed by atoms with Crippen LogP contribution in [-0.2, 0) is 4.79 Å². The minimum absolute atomic E-state index is 0.0722. The summed E-state index contributed by atoms with van der Waals surface area (Å²) in [6, 6.07) is 31.7. The van der Waals surface area contributed by atoms with E-state index in [4.69, 9.17) is 11.1 Å². The van der Waals surface area contributed by atoms with Gasteiger partial charge in [0.15, 0.2) is 5.96 Å². The van der Waals surface area contributed by atoms with Crippen LogP contribution in [0.25, 0.3) is 0 Å². The first-order chi connectivity index (χ1) is 14.5. The van der Waals surface area contributed by atoms with Crippen LogP contribution in [0.3, 0.4) is 0 Å². The summed E-state index contributed by atoms with van der Waals surface area (Å²) in [5.41, 5.74) is 5.44. The number of rotatable bonds is 8. The van der Waals surface area contributed by atoms with Gasteiger partial charge in [0.2, 0.25) is 5.91 Å². The molecule has 0 saturated carbocycles. The number of hydrogen-bond acceptors (Lipinski definition) is 2. The lowest BCUT2D eigenvalue weighted by atomic mass is 10.4. The molecule has 0 aromatic heterocycles. The molecule has 5 nitrogen and oxygen atoms in total. The number of carbonyl (C=O) groups is 1. The maximum Gasteiger partial charge on any atom is 0.239 e. The molecule has 3 rings (SSSR count). The highest BCUT2D eigenvalue weighted by molar-refractivity contribution is 7.95. The van der Waals surface area contributed by atoms with Crippen LogP contribution in [0.5, 0.6) is 0 Å². The highest BCUT2D eigenvalue weighted by atomic mass is 31.2. The van der Waals surface area contributed by atoms with E-state index in [1.807, 2.05) is 18.2 Å². The number of carbonyl (C=O) groups excluding carboxylic acids is 1.